The molecule has 20 heavy (non-hydrogen) atoms. The number of alkyl halides is 5. The van der Waals surface area contributed by atoms with Crippen molar-refractivity contribution >= 4 is 0 Å². The third-order valence-electron chi connectivity index (χ3n) is 2.77. The van der Waals surface area contributed by atoms with E-state index in [0.29, 0.717) is 0 Å². The van der Waals surface area contributed by atoms with E-state index in [4.69, 9.17) is 0 Å². The van der Waals surface area contributed by atoms with Crippen LogP contribution in [0.4, 0.5) is 26.3 Å². The molecule has 2 aromatic rings. The molecular formula is C14H8F6. The first-order chi connectivity index (χ1) is 9.30. The van der Waals surface area contributed by atoms with Gasteiger partial charge in [-0.1, -0.05) is 24.3 Å². The minimum Gasteiger partial charge on any atom is -0.206 e. The zero-order valence-corrected chi connectivity index (χ0v) is 9.89. The molecule has 106 valence electrons. The second-order valence-corrected chi connectivity index (χ2v) is 4.08. The Hall–Kier alpha value is -1.98. The Morgan fingerprint density at radius 2 is 1.55 bits per heavy atom. The largest absolute Gasteiger partial charge is 0.416 e. The summed E-state index contributed by atoms with van der Waals surface area (Å²) in [5.41, 5.74) is -2.22. The minimum atomic E-state index is -4.59. The molecule has 0 atom stereocenters. The van der Waals surface area contributed by atoms with Gasteiger partial charge in [0.2, 0.25) is 0 Å². The molecule has 0 saturated heterocycles. The van der Waals surface area contributed by atoms with E-state index in [-0.39, 0.29) is 11.1 Å². The summed E-state index contributed by atoms with van der Waals surface area (Å²) in [6, 6.07) is 7.06. The third-order valence-corrected chi connectivity index (χ3v) is 2.77. The lowest BCUT2D eigenvalue weighted by Crippen LogP contribution is -2.05. The molecule has 0 radical (unpaired) electrons. The number of halogens is 6. The van der Waals surface area contributed by atoms with Crippen LogP contribution >= 0.6 is 0 Å². The summed E-state index contributed by atoms with van der Waals surface area (Å²) in [7, 11) is 0. The Morgan fingerprint density at radius 3 is 2.15 bits per heavy atom. The molecule has 0 heterocycles. The highest BCUT2D eigenvalue weighted by molar-refractivity contribution is 5.68. The van der Waals surface area contributed by atoms with Crippen molar-refractivity contribution in [2.24, 2.45) is 0 Å². The molecule has 6 heteroatoms. The van der Waals surface area contributed by atoms with Gasteiger partial charge in [0.15, 0.2) is 0 Å². The summed E-state index contributed by atoms with van der Waals surface area (Å²) in [6.45, 7) is 0. The Kier molecular flexibility index (Phi) is 3.74. The van der Waals surface area contributed by atoms with Crippen molar-refractivity contribution in [2.75, 3.05) is 0 Å². The lowest BCUT2D eigenvalue weighted by Gasteiger charge is -2.12. The van der Waals surface area contributed by atoms with Gasteiger partial charge in [0.1, 0.15) is 5.82 Å². The van der Waals surface area contributed by atoms with Crippen LogP contribution < -0.4 is 0 Å². The molecule has 0 bridgehead atoms. The predicted molar refractivity (Wildman–Crippen MR) is 61.8 cm³/mol. The van der Waals surface area contributed by atoms with Gasteiger partial charge < -0.3 is 0 Å². The van der Waals surface area contributed by atoms with E-state index < -0.39 is 29.5 Å². The summed E-state index contributed by atoms with van der Waals surface area (Å²) in [6.07, 6.45) is -7.70. The van der Waals surface area contributed by atoms with Gasteiger partial charge in [-0.25, -0.2) is 13.2 Å². The average molecular weight is 290 g/mol. The van der Waals surface area contributed by atoms with Crippen LogP contribution in [0.2, 0.25) is 0 Å². The van der Waals surface area contributed by atoms with Crippen LogP contribution in [0.25, 0.3) is 11.1 Å². The SMILES string of the molecule is Fc1cccc(-c2cccc(C(F)(F)F)c2)c1C(F)F. The van der Waals surface area contributed by atoms with Gasteiger partial charge >= 0.3 is 6.18 Å². The van der Waals surface area contributed by atoms with Crippen molar-refractivity contribution in [1.82, 2.24) is 0 Å². The number of hydrogen-bond acceptors (Lipinski definition) is 0. The second kappa shape index (κ2) is 5.19. The third kappa shape index (κ3) is 2.79. The molecule has 0 nitrogen and oxygen atoms in total. The van der Waals surface area contributed by atoms with Gasteiger partial charge in [-0.2, -0.15) is 13.2 Å². The maximum Gasteiger partial charge on any atom is 0.416 e. The monoisotopic (exact) mass is 290 g/mol. The van der Waals surface area contributed by atoms with Crippen molar-refractivity contribution in [3.05, 3.63) is 59.4 Å². The smallest absolute Gasteiger partial charge is 0.206 e. The molecular weight excluding hydrogens is 282 g/mol. The quantitative estimate of drug-likeness (QED) is 0.645. The van der Waals surface area contributed by atoms with Gasteiger partial charge in [-0.3, -0.25) is 0 Å². The Morgan fingerprint density at radius 1 is 0.900 bits per heavy atom. The molecule has 0 aromatic heterocycles. The Labute approximate surface area is 110 Å². The van der Waals surface area contributed by atoms with Crippen LogP contribution in [-0.4, -0.2) is 0 Å². The highest BCUT2D eigenvalue weighted by Gasteiger charge is 2.31. The fraction of sp³-hybridized carbons (Fsp3) is 0.143. The van der Waals surface area contributed by atoms with E-state index in [9.17, 15) is 26.3 Å². The maximum absolute atomic E-state index is 13.4. The molecule has 0 N–H and O–H groups in total. The van der Waals surface area contributed by atoms with E-state index in [2.05, 4.69) is 0 Å². The van der Waals surface area contributed by atoms with E-state index in [1.807, 2.05) is 0 Å². The first kappa shape index (κ1) is 14.4. The summed E-state index contributed by atoms with van der Waals surface area (Å²) < 4.78 is 76.9. The first-order valence-electron chi connectivity index (χ1n) is 5.55. The van der Waals surface area contributed by atoms with Gasteiger partial charge in [0.05, 0.1) is 11.1 Å². The molecule has 2 rings (SSSR count). The topological polar surface area (TPSA) is 0 Å². The van der Waals surface area contributed by atoms with Crippen LogP contribution in [-0.2, 0) is 6.18 Å². The van der Waals surface area contributed by atoms with Crippen LogP contribution in [0.3, 0.4) is 0 Å². The molecule has 0 saturated carbocycles. The molecule has 2 aromatic carbocycles. The number of hydrogen-bond donors (Lipinski definition) is 0. The highest BCUT2D eigenvalue weighted by Crippen LogP contribution is 2.36. The molecule has 0 aliphatic carbocycles. The van der Waals surface area contributed by atoms with Crippen molar-refractivity contribution < 1.29 is 26.3 Å². The fourth-order valence-corrected chi connectivity index (χ4v) is 1.87. The molecule has 0 spiro atoms. The fourth-order valence-electron chi connectivity index (χ4n) is 1.87. The highest BCUT2D eigenvalue weighted by atomic mass is 19.4. The van der Waals surface area contributed by atoms with E-state index in [0.717, 1.165) is 24.3 Å². The van der Waals surface area contributed by atoms with Gasteiger partial charge in [0.25, 0.3) is 6.43 Å². The van der Waals surface area contributed by atoms with E-state index >= 15 is 0 Å². The number of rotatable bonds is 2. The van der Waals surface area contributed by atoms with Crippen molar-refractivity contribution in [1.29, 1.82) is 0 Å². The lowest BCUT2D eigenvalue weighted by molar-refractivity contribution is -0.137. The van der Waals surface area contributed by atoms with Crippen LogP contribution in [0.15, 0.2) is 42.5 Å². The second-order valence-electron chi connectivity index (χ2n) is 4.08. The lowest BCUT2D eigenvalue weighted by atomic mass is 9.97. The summed E-state index contributed by atoms with van der Waals surface area (Å²) >= 11 is 0. The van der Waals surface area contributed by atoms with Gasteiger partial charge in [-0.15, -0.1) is 0 Å². The van der Waals surface area contributed by atoms with Crippen LogP contribution in [0.1, 0.15) is 17.6 Å². The predicted octanol–water partition coefficient (Wildman–Crippen LogP) is 5.45. The molecule has 0 amide bonds. The maximum atomic E-state index is 13.4. The van der Waals surface area contributed by atoms with Crippen LogP contribution in [0, 0.1) is 5.82 Å². The molecule has 0 fully saturated rings. The normalized spacial score (nSPS) is 11.9. The molecule has 0 aliphatic heterocycles. The standard InChI is InChI=1S/C14H8F6/c15-11-6-2-5-10(12(11)13(16)17)8-3-1-4-9(7-8)14(18,19)20/h1-7,13H. The zero-order chi connectivity index (χ0) is 14.9. The van der Waals surface area contributed by atoms with E-state index in [1.165, 1.54) is 18.2 Å². The van der Waals surface area contributed by atoms with Crippen molar-refractivity contribution in [3.63, 3.8) is 0 Å². The van der Waals surface area contributed by atoms with Crippen molar-refractivity contribution in [2.45, 2.75) is 12.6 Å². The Balaban J connectivity index is 2.61. The van der Waals surface area contributed by atoms with Crippen molar-refractivity contribution in [3.8, 4) is 11.1 Å². The van der Waals surface area contributed by atoms with Crippen LogP contribution in [0.5, 0.6) is 0 Å². The molecule has 0 unspecified atom stereocenters. The summed E-state index contributed by atoms with van der Waals surface area (Å²) in [5, 5.41) is 0. The zero-order valence-electron chi connectivity index (χ0n) is 9.89. The Bertz CT molecular complexity index is 615. The summed E-state index contributed by atoms with van der Waals surface area (Å²) in [5.74, 6) is -1.14. The minimum absolute atomic E-state index is 0.102. The molecule has 0 aliphatic rings. The van der Waals surface area contributed by atoms with Gasteiger partial charge in [0, 0.05) is 0 Å². The van der Waals surface area contributed by atoms with E-state index in [1.54, 1.807) is 0 Å². The summed E-state index contributed by atoms with van der Waals surface area (Å²) in [4.78, 5) is 0. The first-order valence-corrected chi connectivity index (χ1v) is 5.55. The number of benzene rings is 2. The van der Waals surface area contributed by atoms with Gasteiger partial charge in [-0.05, 0) is 29.3 Å². The average Bonchev–Trinajstić information content (AvgIpc) is 2.37.